The van der Waals surface area contributed by atoms with Crippen LogP contribution >= 0.6 is 22.7 Å². The van der Waals surface area contributed by atoms with Gasteiger partial charge in [-0.2, -0.15) is 0 Å². The number of hydrogen-bond donors (Lipinski definition) is 0. The fourth-order valence-corrected chi connectivity index (χ4v) is 13.3. The van der Waals surface area contributed by atoms with Crippen LogP contribution in [0.5, 0.6) is 0 Å². The number of allylic oxidation sites excluding steroid dienone is 2. The van der Waals surface area contributed by atoms with Crippen LogP contribution in [0.25, 0.3) is 23.3 Å². The smallest absolute Gasteiger partial charge is 1.00 e. The summed E-state index contributed by atoms with van der Waals surface area (Å²) in [5, 5.41) is 0. The molecular formula is C34H34Cl2S2Zr. The van der Waals surface area contributed by atoms with E-state index in [1.54, 1.807) is 22.3 Å². The number of aryl methyl sites for hydroxylation is 2. The average Bonchev–Trinajstić information content (AvgIpc) is 3.64. The molecular weight excluding hydrogens is 635 g/mol. The molecule has 2 unspecified atom stereocenters. The molecule has 0 aliphatic heterocycles. The van der Waals surface area contributed by atoms with Crippen molar-refractivity contribution >= 4 is 46.0 Å². The Kier molecular flexibility index (Phi) is 9.72. The Morgan fingerprint density at radius 1 is 0.590 bits per heavy atom. The Bertz CT molecular complexity index is 1440. The molecule has 0 radical (unpaired) electrons. The molecule has 4 aromatic rings. The fourth-order valence-electron chi connectivity index (χ4n) is 5.99. The molecule has 5 heteroatoms. The summed E-state index contributed by atoms with van der Waals surface area (Å²) >= 11 is 2.93. The predicted molar refractivity (Wildman–Crippen MR) is 160 cm³/mol. The largest absolute Gasteiger partial charge is 1.00 e. The minimum Gasteiger partial charge on any atom is -1.00 e. The quantitative estimate of drug-likeness (QED) is 0.281. The molecule has 0 saturated heterocycles. The van der Waals surface area contributed by atoms with Gasteiger partial charge in [0.1, 0.15) is 0 Å². The van der Waals surface area contributed by atoms with E-state index in [0.717, 1.165) is 0 Å². The van der Waals surface area contributed by atoms with E-state index < -0.39 is 23.2 Å². The Hall–Kier alpha value is -1.22. The van der Waals surface area contributed by atoms with Gasteiger partial charge in [-0.05, 0) is 0 Å². The number of fused-ring (bicyclic) bond motifs is 2. The van der Waals surface area contributed by atoms with Crippen LogP contribution in [0.15, 0.2) is 60.7 Å². The molecule has 0 bridgehead atoms. The van der Waals surface area contributed by atoms with Crippen LogP contribution in [-0.4, -0.2) is 0 Å². The standard InChI is InChI=1S/2C17H17S.2ClH.Zr/c2*1-11(2)15-6-4-5-13-9-14(10-16(13)15)17-8-7-12(3)18-17;;;/h2*4-11H,1-3H3;2*1H;/q;;;;+2/p-2. The van der Waals surface area contributed by atoms with Crippen LogP contribution in [0.4, 0.5) is 0 Å². The van der Waals surface area contributed by atoms with Crippen molar-refractivity contribution in [2.24, 2.45) is 0 Å². The molecule has 2 aliphatic rings. The van der Waals surface area contributed by atoms with Crippen LogP contribution in [-0.2, 0) is 23.2 Å². The second-order valence-corrected chi connectivity index (χ2v) is 17.3. The van der Waals surface area contributed by atoms with E-state index in [9.17, 15) is 0 Å². The first-order valence-electron chi connectivity index (χ1n) is 13.4. The second-order valence-electron chi connectivity index (χ2n) is 11.1. The third-order valence-electron chi connectivity index (χ3n) is 7.82. The van der Waals surface area contributed by atoms with Gasteiger partial charge in [-0.15, -0.1) is 0 Å². The van der Waals surface area contributed by atoms with Crippen molar-refractivity contribution in [1.82, 2.24) is 0 Å². The van der Waals surface area contributed by atoms with E-state index in [0.29, 0.717) is 19.1 Å². The Morgan fingerprint density at radius 3 is 1.33 bits per heavy atom. The minimum atomic E-state index is -1.01. The molecule has 0 N–H and O–H groups in total. The molecule has 2 atom stereocenters. The molecule has 6 rings (SSSR count). The van der Waals surface area contributed by atoms with E-state index in [1.165, 1.54) is 41.8 Å². The van der Waals surface area contributed by atoms with Crippen molar-refractivity contribution in [3.63, 3.8) is 0 Å². The summed E-state index contributed by atoms with van der Waals surface area (Å²) in [5.41, 5.74) is 12.4. The van der Waals surface area contributed by atoms with Gasteiger partial charge < -0.3 is 24.8 Å². The first kappa shape index (κ1) is 30.7. The number of halogens is 2. The van der Waals surface area contributed by atoms with Crippen molar-refractivity contribution in [2.75, 3.05) is 0 Å². The van der Waals surface area contributed by atoms with Gasteiger partial charge in [-0.3, -0.25) is 0 Å². The van der Waals surface area contributed by atoms with Gasteiger partial charge in [0.2, 0.25) is 0 Å². The molecule has 2 aromatic heterocycles. The first-order chi connectivity index (χ1) is 17.8. The number of thiophene rings is 2. The SMILES string of the molecule is Cc1ccc(C2=Cc3c(C(C)C)cccc3[CH]2[Zr+2][CH]2C(c3ccc(C)s3)=Cc3c(C(C)C)cccc32)s1.[Cl-].[Cl-]. The van der Waals surface area contributed by atoms with Gasteiger partial charge in [-0.1, -0.05) is 0 Å². The summed E-state index contributed by atoms with van der Waals surface area (Å²) in [5.74, 6) is 1.07. The first-order valence-corrected chi connectivity index (χ1v) is 17.9. The van der Waals surface area contributed by atoms with Crippen molar-refractivity contribution < 1.29 is 48.0 Å². The number of rotatable bonds is 6. The third-order valence-corrected chi connectivity index (χ3v) is 14.6. The van der Waals surface area contributed by atoms with Gasteiger partial charge in [0.15, 0.2) is 0 Å². The molecule has 39 heavy (non-hydrogen) atoms. The molecule has 0 amide bonds. The molecule has 2 heterocycles. The van der Waals surface area contributed by atoms with Crippen LogP contribution in [0.1, 0.15) is 99.7 Å². The summed E-state index contributed by atoms with van der Waals surface area (Å²) in [4.78, 5) is 5.76. The monoisotopic (exact) mass is 666 g/mol. The van der Waals surface area contributed by atoms with Crippen molar-refractivity contribution in [2.45, 2.75) is 60.6 Å². The van der Waals surface area contributed by atoms with E-state index in [2.05, 4.69) is 114 Å². The molecule has 0 spiro atoms. The van der Waals surface area contributed by atoms with E-state index in [4.69, 9.17) is 0 Å². The Morgan fingerprint density at radius 2 is 1.00 bits per heavy atom. The van der Waals surface area contributed by atoms with Gasteiger partial charge in [0.25, 0.3) is 0 Å². The van der Waals surface area contributed by atoms with Crippen LogP contribution in [0.2, 0.25) is 0 Å². The van der Waals surface area contributed by atoms with Crippen molar-refractivity contribution in [1.29, 1.82) is 0 Å². The summed E-state index contributed by atoms with van der Waals surface area (Å²) in [7, 11) is 0. The van der Waals surface area contributed by atoms with Crippen LogP contribution in [0, 0.1) is 13.8 Å². The molecule has 2 aliphatic carbocycles. The molecule has 200 valence electrons. The molecule has 0 saturated carbocycles. The average molecular weight is 669 g/mol. The maximum absolute atomic E-state index is 2.57. The van der Waals surface area contributed by atoms with Gasteiger partial charge in [0, 0.05) is 0 Å². The predicted octanol–water partition coefficient (Wildman–Crippen LogP) is 4.65. The summed E-state index contributed by atoms with van der Waals surface area (Å²) in [6.45, 7) is 13.8. The fraction of sp³-hybridized carbons (Fsp3) is 0.294. The van der Waals surface area contributed by atoms with E-state index in [-0.39, 0.29) is 24.8 Å². The van der Waals surface area contributed by atoms with Gasteiger partial charge in [-0.25, -0.2) is 0 Å². The second kappa shape index (κ2) is 12.3. The Balaban J connectivity index is 0.00000176. The topological polar surface area (TPSA) is 0 Å². The maximum Gasteiger partial charge on any atom is -1.00 e. The zero-order chi connectivity index (χ0) is 25.8. The summed E-state index contributed by atoms with van der Waals surface area (Å²) in [6, 6.07) is 23.6. The zero-order valence-corrected chi connectivity index (χ0v) is 28.9. The van der Waals surface area contributed by atoms with Gasteiger partial charge >= 0.3 is 243 Å². The minimum absolute atomic E-state index is 0. The van der Waals surface area contributed by atoms with Crippen LogP contribution < -0.4 is 24.8 Å². The van der Waals surface area contributed by atoms with E-state index >= 15 is 0 Å². The third kappa shape index (κ3) is 5.65. The summed E-state index contributed by atoms with van der Waals surface area (Å²) < 4.78 is 1.14. The van der Waals surface area contributed by atoms with Crippen LogP contribution in [0.3, 0.4) is 0 Å². The molecule has 0 fully saturated rings. The number of benzene rings is 2. The van der Waals surface area contributed by atoms with Crippen molar-refractivity contribution in [3.8, 4) is 0 Å². The van der Waals surface area contributed by atoms with Crippen molar-refractivity contribution in [3.05, 3.63) is 114 Å². The number of hydrogen-bond acceptors (Lipinski definition) is 2. The summed E-state index contributed by atoms with van der Waals surface area (Å²) in [6.07, 6.45) is 5.14. The normalized spacial score (nSPS) is 17.2. The maximum atomic E-state index is 2.57. The van der Waals surface area contributed by atoms with E-state index in [1.807, 2.05) is 22.7 Å². The molecule has 0 nitrogen and oxygen atoms in total. The van der Waals surface area contributed by atoms with Gasteiger partial charge in [0.05, 0.1) is 0 Å². The molecule has 2 aromatic carbocycles. The Labute approximate surface area is 266 Å². The zero-order valence-electron chi connectivity index (χ0n) is 23.3.